The first kappa shape index (κ1) is 14.6. The van der Waals surface area contributed by atoms with Gasteiger partial charge in [0.25, 0.3) is 0 Å². The number of fused-ring (bicyclic) bond motifs is 2. The van der Waals surface area contributed by atoms with E-state index < -0.39 is 0 Å². The lowest BCUT2D eigenvalue weighted by atomic mass is 9.91. The molecule has 2 aliphatic rings. The third-order valence-electron chi connectivity index (χ3n) is 5.11. The molecule has 1 N–H and O–H groups in total. The Morgan fingerprint density at radius 2 is 2.00 bits per heavy atom. The van der Waals surface area contributed by atoms with Crippen molar-refractivity contribution in [1.29, 1.82) is 0 Å². The molecule has 0 aromatic carbocycles. The standard InChI is InChI=1S/C18H22N4O/c1-12-7-17(21-18(20-12)14-3-2-6-19-10-14)22-15-4-5-16(22)9-13(8-15)11-23/h2-3,6-7,10,13,15-16,23H,4-5,8-9,11H2,1H3/t13?,15-,16+. The maximum Gasteiger partial charge on any atom is 0.163 e. The molecule has 1 unspecified atom stereocenters. The Labute approximate surface area is 136 Å². The number of aromatic nitrogens is 3. The molecule has 4 heterocycles. The molecular formula is C18H22N4O. The first-order valence-corrected chi connectivity index (χ1v) is 8.40. The molecule has 0 saturated carbocycles. The summed E-state index contributed by atoms with van der Waals surface area (Å²) in [6.45, 7) is 2.33. The van der Waals surface area contributed by atoms with Crippen molar-refractivity contribution in [2.24, 2.45) is 5.92 Å². The highest BCUT2D eigenvalue weighted by Crippen LogP contribution is 2.41. The van der Waals surface area contributed by atoms with Crippen LogP contribution in [0.15, 0.2) is 30.6 Å². The van der Waals surface area contributed by atoms with Crippen molar-refractivity contribution in [2.45, 2.75) is 44.7 Å². The van der Waals surface area contributed by atoms with E-state index in [1.807, 2.05) is 25.3 Å². The molecule has 3 atom stereocenters. The molecule has 5 heteroatoms. The first-order valence-electron chi connectivity index (χ1n) is 8.40. The molecular weight excluding hydrogens is 288 g/mol. The predicted octanol–water partition coefficient (Wildman–Crippen LogP) is 2.59. The molecule has 120 valence electrons. The lowest BCUT2D eigenvalue weighted by molar-refractivity contribution is 0.185. The third-order valence-corrected chi connectivity index (χ3v) is 5.11. The third kappa shape index (κ3) is 2.70. The number of aliphatic hydroxyl groups is 1. The second kappa shape index (κ2) is 5.89. The molecule has 0 radical (unpaired) electrons. The number of piperidine rings is 1. The van der Waals surface area contributed by atoms with E-state index in [2.05, 4.69) is 20.9 Å². The molecule has 23 heavy (non-hydrogen) atoms. The van der Waals surface area contributed by atoms with Gasteiger partial charge in [-0.15, -0.1) is 0 Å². The molecule has 2 bridgehead atoms. The van der Waals surface area contributed by atoms with E-state index in [4.69, 9.17) is 4.98 Å². The topological polar surface area (TPSA) is 62.1 Å². The van der Waals surface area contributed by atoms with Crippen molar-refractivity contribution in [3.8, 4) is 11.4 Å². The summed E-state index contributed by atoms with van der Waals surface area (Å²) < 4.78 is 0. The lowest BCUT2D eigenvalue weighted by Crippen LogP contribution is -2.44. The number of hydrogen-bond donors (Lipinski definition) is 1. The zero-order chi connectivity index (χ0) is 15.8. The minimum absolute atomic E-state index is 0.310. The van der Waals surface area contributed by atoms with Crippen LogP contribution in [0.4, 0.5) is 5.82 Å². The van der Waals surface area contributed by atoms with Crippen molar-refractivity contribution in [1.82, 2.24) is 15.0 Å². The minimum atomic E-state index is 0.310. The van der Waals surface area contributed by atoms with Gasteiger partial charge in [0.1, 0.15) is 5.82 Å². The fraction of sp³-hybridized carbons (Fsp3) is 0.500. The monoisotopic (exact) mass is 310 g/mol. The molecule has 0 amide bonds. The number of hydrogen-bond acceptors (Lipinski definition) is 5. The second-order valence-electron chi connectivity index (χ2n) is 6.75. The summed E-state index contributed by atoms with van der Waals surface area (Å²) in [6.07, 6.45) is 8.11. The van der Waals surface area contributed by atoms with E-state index in [9.17, 15) is 5.11 Å². The van der Waals surface area contributed by atoms with Crippen LogP contribution in [0.3, 0.4) is 0 Å². The fourth-order valence-corrected chi connectivity index (χ4v) is 4.12. The van der Waals surface area contributed by atoms with E-state index in [0.717, 1.165) is 35.7 Å². The Hall–Kier alpha value is -2.01. The zero-order valence-electron chi connectivity index (χ0n) is 13.4. The van der Waals surface area contributed by atoms with Crippen molar-refractivity contribution < 1.29 is 5.11 Å². The smallest absolute Gasteiger partial charge is 0.163 e. The van der Waals surface area contributed by atoms with E-state index in [1.54, 1.807) is 6.20 Å². The van der Waals surface area contributed by atoms with Gasteiger partial charge in [-0.1, -0.05) is 0 Å². The number of pyridine rings is 1. The van der Waals surface area contributed by atoms with Gasteiger partial charge in [0, 0.05) is 48.4 Å². The van der Waals surface area contributed by atoms with Crippen molar-refractivity contribution in [3.05, 3.63) is 36.3 Å². The molecule has 2 saturated heterocycles. The minimum Gasteiger partial charge on any atom is -0.396 e. The summed E-state index contributed by atoms with van der Waals surface area (Å²) in [5, 5.41) is 9.50. The Kier molecular flexibility index (Phi) is 3.73. The molecule has 4 rings (SSSR count). The van der Waals surface area contributed by atoms with Gasteiger partial charge in [-0.2, -0.15) is 0 Å². The number of aliphatic hydroxyl groups excluding tert-OH is 1. The first-order chi connectivity index (χ1) is 11.2. The van der Waals surface area contributed by atoms with Crippen LogP contribution < -0.4 is 4.90 Å². The average molecular weight is 310 g/mol. The average Bonchev–Trinajstić information content (AvgIpc) is 2.85. The largest absolute Gasteiger partial charge is 0.396 e. The van der Waals surface area contributed by atoms with Crippen LogP contribution in [0.5, 0.6) is 0 Å². The highest BCUT2D eigenvalue weighted by atomic mass is 16.3. The summed E-state index contributed by atoms with van der Waals surface area (Å²) in [5.74, 6) is 2.22. The summed E-state index contributed by atoms with van der Waals surface area (Å²) >= 11 is 0. The molecule has 0 aliphatic carbocycles. The lowest BCUT2D eigenvalue weighted by Gasteiger charge is -2.39. The quantitative estimate of drug-likeness (QED) is 0.944. The van der Waals surface area contributed by atoms with Crippen LogP contribution in [0.25, 0.3) is 11.4 Å². The highest BCUT2D eigenvalue weighted by molar-refractivity contribution is 5.57. The van der Waals surface area contributed by atoms with Gasteiger partial charge in [-0.05, 0) is 50.7 Å². The summed E-state index contributed by atoms with van der Waals surface area (Å²) in [5.41, 5.74) is 1.94. The predicted molar refractivity (Wildman–Crippen MR) is 89.1 cm³/mol. The van der Waals surface area contributed by atoms with Crippen molar-refractivity contribution in [3.63, 3.8) is 0 Å². The Bertz CT molecular complexity index is 677. The van der Waals surface area contributed by atoms with Gasteiger partial charge in [0.15, 0.2) is 5.82 Å². The van der Waals surface area contributed by atoms with Crippen LogP contribution >= 0.6 is 0 Å². The van der Waals surface area contributed by atoms with Crippen molar-refractivity contribution in [2.75, 3.05) is 11.5 Å². The number of anilines is 1. The van der Waals surface area contributed by atoms with E-state index >= 15 is 0 Å². The zero-order valence-corrected chi connectivity index (χ0v) is 13.4. The van der Waals surface area contributed by atoms with Gasteiger partial charge < -0.3 is 10.0 Å². The summed E-state index contributed by atoms with van der Waals surface area (Å²) in [7, 11) is 0. The van der Waals surface area contributed by atoms with Gasteiger partial charge in [0.2, 0.25) is 0 Å². The Morgan fingerprint density at radius 1 is 1.22 bits per heavy atom. The van der Waals surface area contributed by atoms with Gasteiger partial charge in [-0.3, -0.25) is 4.98 Å². The Balaban J connectivity index is 1.69. The summed E-state index contributed by atoms with van der Waals surface area (Å²) in [6, 6.07) is 7.00. The Morgan fingerprint density at radius 3 is 2.65 bits per heavy atom. The molecule has 2 fully saturated rings. The van der Waals surface area contributed by atoms with Gasteiger partial charge in [-0.25, -0.2) is 9.97 Å². The van der Waals surface area contributed by atoms with E-state index in [-0.39, 0.29) is 0 Å². The second-order valence-corrected chi connectivity index (χ2v) is 6.75. The normalized spacial score (nSPS) is 26.5. The number of nitrogens with zero attached hydrogens (tertiary/aromatic N) is 4. The maximum absolute atomic E-state index is 9.50. The van der Waals surface area contributed by atoms with Crippen LogP contribution in [0.2, 0.25) is 0 Å². The molecule has 5 nitrogen and oxygen atoms in total. The number of rotatable bonds is 3. The molecule has 2 aliphatic heterocycles. The molecule has 2 aromatic heterocycles. The molecule has 0 spiro atoms. The van der Waals surface area contributed by atoms with Gasteiger partial charge >= 0.3 is 0 Å². The molecule has 2 aromatic rings. The fourth-order valence-electron chi connectivity index (χ4n) is 4.12. The van der Waals surface area contributed by atoms with Crippen LogP contribution in [-0.2, 0) is 0 Å². The summed E-state index contributed by atoms with van der Waals surface area (Å²) in [4.78, 5) is 16.1. The maximum atomic E-state index is 9.50. The SMILES string of the molecule is Cc1cc(N2[C@@H]3CC[C@H]2CC(CO)C3)nc(-c2cccnc2)n1. The highest BCUT2D eigenvalue weighted by Gasteiger charge is 2.41. The number of aryl methyl sites for hydroxylation is 1. The van der Waals surface area contributed by atoms with E-state index in [1.165, 1.54) is 12.8 Å². The van der Waals surface area contributed by atoms with E-state index in [0.29, 0.717) is 24.6 Å². The van der Waals surface area contributed by atoms with Crippen LogP contribution in [-0.4, -0.2) is 38.7 Å². The van der Waals surface area contributed by atoms with Crippen LogP contribution in [0.1, 0.15) is 31.4 Å². The van der Waals surface area contributed by atoms with Gasteiger partial charge in [0.05, 0.1) is 0 Å². The van der Waals surface area contributed by atoms with Crippen molar-refractivity contribution >= 4 is 5.82 Å². The van der Waals surface area contributed by atoms with Crippen LogP contribution in [0, 0.1) is 12.8 Å².